The summed E-state index contributed by atoms with van der Waals surface area (Å²) < 4.78 is 41.6. The molecule has 6 nitrogen and oxygen atoms in total. The molecule has 1 aliphatic heterocycles. The number of benzene rings is 1. The summed E-state index contributed by atoms with van der Waals surface area (Å²) in [5.41, 5.74) is 0.763. The lowest BCUT2D eigenvalue weighted by Gasteiger charge is -2.22. The van der Waals surface area contributed by atoms with Crippen LogP contribution in [0, 0.1) is 5.92 Å². The number of alkyl halides is 3. The van der Waals surface area contributed by atoms with Crippen LogP contribution >= 0.6 is 0 Å². The van der Waals surface area contributed by atoms with Gasteiger partial charge in [-0.3, -0.25) is 4.79 Å². The highest BCUT2D eigenvalue weighted by Gasteiger charge is 2.38. The van der Waals surface area contributed by atoms with Gasteiger partial charge in [-0.05, 0) is 44.0 Å². The van der Waals surface area contributed by atoms with Crippen LogP contribution in [0.4, 0.5) is 13.2 Å². The number of nitrogens with one attached hydrogen (secondary N) is 2. The molecule has 1 fully saturated rings. The highest BCUT2D eigenvalue weighted by atomic mass is 19.4. The minimum atomic E-state index is -4.68. The monoisotopic (exact) mass is 354 g/mol. The molecule has 134 valence electrons. The Kier molecular flexibility index (Phi) is 5.03. The maximum absolute atomic E-state index is 12.5. The van der Waals surface area contributed by atoms with Gasteiger partial charge in [0.15, 0.2) is 0 Å². The largest absolute Gasteiger partial charge is 0.471 e. The fourth-order valence-electron chi connectivity index (χ4n) is 2.66. The number of rotatable bonds is 4. The van der Waals surface area contributed by atoms with Crippen LogP contribution in [0.1, 0.15) is 29.1 Å². The number of hydrogen-bond donors (Lipinski definition) is 2. The summed E-state index contributed by atoms with van der Waals surface area (Å²) in [6.07, 6.45) is -2.51. The van der Waals surface area contributed by atoms with Crippen molar-refractivity contribution in [2.24, 2.45) is 5.92 Å². The van der Waals surface area contributed by atoms with Crippen LogP contribution in [0.25, 0.3) is 11.4 Å². The summed E-state index contributed by atoms with van der Waals surface area (Å²) in [6.45, 7) is 2.49. The van der Waals surface area contributed by atoms with Gasteiger partial charge in [-0.2, -0.15) is 18.2 Å². The van der Waals surface area contributed by atoms with Crippen LogP contribution in [-0.2, 0) is 6.18 Å². The first-order chi connectivity index (χ1) is 11.9. The molecule has 0 bridgehead atoms. The van der Waals surface area contributed by atoms with Gasteiger partial charge in [0, 0.05) is 17.7 Å². The van der Waals surface area contributed by atoms with E-state index in [1.807, 2.05) is 0 Å². The van der Waals surface area contributed by atoms with Crippen molar-refractivity contribution in [3.63, 3.8) is 0 Å². The molecule has 2 heterocycles. The Morgan fingerprint density at radius 1 is 1.32 bits per heavy atom. The summed E-state index contributed by atoms with van der Waals surface area (Å²) >= 11 is 0. The van der Waals surface area contributed by atoms with Crippen LogP contribution < -0.4 is 10.6 Å². The van der Waals surface area contributed by atoms with E-state index in [0.29, 0.717) is 23.6 Å². The Bertz CT molecular complexity index is 722. The van der Waals surface area contributed by atoms with Crippen molar-refractivity contribution in [1.82, 2.24) is 20.8 Å². The highest BCUT2D eigenvalue weighted by molar-refractivity contribution is 5.94. The molecule has 0 aliphatic carbocycles. The Balaban J connectivity index is 1.61. The zero-order valence-electron chi connectivity index (χ0n) is 13.3. The smallest absolute Gasteiger partial charge is 0.352 e. The minimum absolute atomic E-state index is 0.174. The van der Waals surface area contributed by atoms with Crippen molar-refractivity contribution in [2.45, 2.75) is 19.0 Å². The molecule has 1 atom stereocenters. The molecule has 1 aromatic carbocycles. The average molecular weight is 354 g/mol. The van der Waals surface area contributed by atoms with Gasteiger partial charge in [0.25, 0.3) is 5.91 Å². The van der Waals surface area contributed by atoms with Gasteiger partial charge in [-0.25, -0.2) is 0 Å². The van der Waals surface area contributed by atoms with Gasteiger partial charge in [0.1, 0.15) is 0 Å². The van der Waals surface area contributed by atoms with Gasteiger partial charge in [-0.15, -0.1) is 0 Å². The second-order valence-corrected chi connectivity index (χ2v) is 5.92. The van der Waals surface area contributed by atoms with E-state index in [1.54, 1.807) is 0 Å². The van der Waals surface area contributed by atoms with Crippen LogP contribution in [-0.4, -0.2) is 35.7 Å². The standard InChI is InChI=1S/C16H17F3N4O2/c17-16(18,19)15-22-13(23-25-15)11-3-5-12(6-4-11)14(24)21-9-10-2-1-7-20-8-10/h3-6,10,20H,1-2,7-9H2,(H,21,24)/t10-/m0/s1. The van der Waals surface area contributed by atoms with E-state index in [0.717, 1.165) is 25.9 Å². The van der Waals surface area contributed by atoms with Crippen molar-refractivity contribution in [3.8, 4) is 11.4 Å². The molecular weight excluding hydrogens is 337 g/mol. The topological polar surface area (TPSA) is 80.0 Å². The van der Waals surface area contributed by atoms with Crippen LogP contribution in [0.15, 0.2) is 28.8 Å². The molecule has 1 aromatic heterocycles. The fourth-order valence-corrected chi connectivity index (χ4v) is 2.66. The summed E-state index contributed by atoms with van der Waals surface area (Å²) in [5.74, 6) is -1.38. The molecule has 0 radical (unpaired) electrons. The summed E-state index contributed by atoms with van der Waals surface area (Å²) in [4.78, 5) is 15.5. The number of carbonyl (C=O) groups excluding carboxylic acids is 1. The molecule has 3 rings (SSSR count). The van der Waals surface area contributed by atoms with Crippen molar-refractivity contribution >= 4 is 5.91 Å². The van der Waals surface area contributed by atoms with Crippen LogP contribution in [0.5, 0.6) is 0 Å². The van der Waals surface area contributed by atoms with Gasteiger partial charge < -0.3 is 15.2 Å². The predicted octanol–water partition coefficient (Wildman–Crippen LogP) is 2.48. The third-order valence-electron chi connectivity index (χ3n) is 4.02. The van der Waals surface area contributed by atoms with Crippen molar-refractivity contribution in [1.29, 1.82) is 0 Å². The zero-order valence-corrected chi connectivity index (χ0v) is 13.3. The van der Waals surface area contributed by atoms with Gasteiger partial charge in [-0.1, -0.05) is 17.3 Å². The first kappa shape index (κ1) is 17.4. The molecule has 2 aromatic rings. The van der Waals surface area contributed by atoms with E-state index in [1.165, 1.54) is 24.3 Å². The molecule has 25 heavy (non-hydrogen) atoms. The van der Waals surface area contributed by atoms with E-state index in [2.05, 4.69) is 25.3 Å². The van der Waals surface area contributed by atoms with Gasteiger partial charge >= 0.3 is 12.1 Å². The van der Waals surface area contributed by atoms with Crippen molar-refractivity contribution < 1.29 is 22.5 Å². The van der Waals surface area contributed by atoms with Gasteiger partial charge in [0.05, 0.1) is 0 Å². The van der Waals surface area contributed by atoms with E-state index in [4.69, 9.17) is 0 Å². The van der Waals surface area contributed by atoms with E-state index in [-0.39, 0.29) is 11.7 Å². The fraction of sp³-hybridized carbons (Fsp3) is 0.438. The lowest BCUT2D eigenvalue weighted by molar-refractivity contribution is -0.159. The minimum Gasteiger partial charge on any atom is -0.352 e. The molecule has 1 saturated heterocycles. The first-order valence-corrected chi connectivity index (χ1v) is 7.94. The quantitative estimate of drug-likeness (QED) is 0.882. The molecular formula is C16H17F3N4O2. The zero-order chi connectivity index (χ0) is 17.9. The number of hydrogen-bond acceptors (Lipinski definition) is 5. The summed E-state index contributed by atoms with van der Waals surface area (Å²) in [6, 6.07) is 6.02. The third-order valence-corrected chi connectivity index (χ3v) is 4.02. The third kappa shape index (κ3) is 4.36. The number of carbonyl (C=O) groups is 1. The van der Waals surface area contributed by atoms with Crippen LogP contribution in [0.3, 0.4) is 0 Å². The molecule has 0 saturated carbocycles. The molecule has 0 spiro atoms. The first-order valence-electron chi connectivity index (χ1n) is 7.94. The summed E-state index contributed by atoms with van der Waals surface area (Å²) in [7, 11) is 0. The van der Waals surface area contributed by atoms with E-state index >= 15 is 0 Å². The van der Waals surface area contributed by atoms with E-state index < -0.39 is 12.1 Å². The second kappa shape index (κ2) is 7.22. The SMILES string of the molecule is O=C(NC[C@H]1CCCNC1)c1ccc(-c2noc(C(F)(F)F)n2)cc1. The van der Waals surface area contributed by atoms with Crippen molar-refractivity contribution in [3.05, 3.63) is 35.7 Å². The molecule has 1 amide bonds. The lowest BCUT2D eigenvalue weighted by Crippen LogP contribution is -2.38. The maximum Gasteiger partial charge on any atom is 0.471 e. The highest BCUT2D eigenvalue weighted by Crippen LogP contribution is 2.29. The van der Waals surface area contributed by atoms with Gasteiger partial charge in [0.2, 0.25) is 5.82 Å². The molecule has 1 aliphatic rings. The Labute approximate surface area is 141 Å². The van der Waals surface area contributed by atoms with Crippen molar-refractivity contribution in [2.75, 3.05) is 19.6 Å². The lowest BCUT2D eigenvalue weighted by atomic mass is 9.99. The Morgan fingerprint density at radius 2 is 2.08 bits per heavy atom. The normalized spacial score (nSPS) is 18.1. The number of halogens is 3. The van der Waals surface area contributed by atoms with Crippen LogP contribution in [0.2, 0.25) is 0 Å². The molecule has 0 unspecified atom stereocenters. The molecule has 9 heteroatoms. The summed E-state index contributed by atoms with van der Waals surface area (Å²) in [5, 5.41) is 9.47. The Hall–Kier alpha value is -2.42. The second-order valence-electron chi connectivity index (χ2n) is 5.92. The molecule has 2 N–H and O–H groups in total. The predicted molar refractivity (Wildman–Crippen MR) is 82.7 cm³/mol. The van der Waals surface area contributed by atoms with E-state index in [9.17, 15) is 18.0 Å². The number of piperidine rings is 1. The average Bonchev–Trinajstić information content (AvgIpc) is 3.11. The maximum atomic E-state index is 12.5. The number of nitrogens with zero attached hydrogens (tertiary/aromatic N) is 2. The number of amides is 1. The number of aromatic nitrogens is 2. The Morgan fingerprint density at radius 3 is 2.68 bits per heavy atom.